The monoisotopic (exact) mass is 216 g/mol. The van der Waals surface area contributed by atoms with Crippen LogP contribution in [0.1, 0.15) is 17.5 Å². The van der Waals surface area contributed by atoms with Crippen molar-refractivity contribution in [2.24, 2.45) is 0 Å². The van der Waals surface area contributed by atoms with Crippen molar-refractivity contribution in [1.82, 2.24) is 5.32 Å². The number of hydrogen-bond acceptors (Lipinski definition) is 2. The molecule has 16 heavy (non-hydrogen) atoms. The van der Waals surface area contributed by atoms with E-state index < -0.39 is 0 Å². The molecule has 3 heteroatoms. The first-order valence-electron chi connectivity index (χ1n) is 5.06. The minimum atomic E-state index is -0.345. The van der Waals surface area contributed by atoms with Crippen LogP contribution in [0.15, 0.2) is 18.2 Å². The van der Waals surface area contributed by atoms with E-state index in [-0.39, 0.29) is 12.2 Å². The van der Waals surface area contributed by atoms with Gasteiger partial charge in [-0.15, -0.1) is 0 Å². The normalized spacial score (nSPS) is 9.06. The van der Waals surface area contributed by atoms with Gasteiger partial charge in [0.2, 0.25) is 0 Å². The Bertz CT molecular complexity index is 449. The number of benzene rings is 1. The van der Waals surface area contributed by atoms with E-state index >= 15 is 0 Å². The average molecular weight is 216 g/mol. The van der Waals surface area contributed by atoms with Crippen LogP contribution in [-0.2, 0) is 6.42 Å². The fraction of sp³-hybridized carbons (Fsp3) is 0.308. The molecule has 0 atom stereocenters. The fourth-order valence-electron chi connectivity index (χ4n) is 1.23. The van der Waals surface area contributed by atoms with Crippen LogP contribution in [0.4, 0.5) is 4.39 Å². The first-order chi connectivity index (χ1) is 7.77. The zero-order valence-electron chi connectivity index (χ0n) is 9.18. The summed E-state index contributed by atoms with van der Waals surface area (Å²) in [5.74, 6) is 5.57. The molecule has 0 bridgehead atoms. The largest absolute Gasteiger partial charge is 0.319 e. The maximum atomic E-state index is 13.2. The van der Waals surface area contributed by atoms with E-state index in [1.807, 2.05) is 13.1 Å². The molecular formula is C13H13FN2. The van der Waals surface area contributed by atoms with Crippen molar-refractivity contribution in [2.75, 3.05) is 13.6 Å². The molecule has 0 saturated carbocycles. The summed E-state index contributed by atoms with van der Waals surface area (Å²) in [6.07, 6.45) is 0.833. The molecule has 82 valence electrons. The van der Waals surface area contributed by atoms with Crippen LogP contribution in [0.25, 0.3) is 0 Å². The zero-order valence-corrected chi connectivity index (χ0v) is 9.18. The second kappa shape index (κ2) is 6.61. The van der Waals surface area contributed by atoms with Gasteiger partial charge >= 0.3 is 0 Å². The molecule has 0 aliphatic rings. The van der Waals surface area contributed by atoms with E-state index in [1.165, 1.54) is 6.07 Å². The summed E-state index contributed by atoms with van der Waals surface area (Å²) in [6, 6.07) is 6.54. The molecule has 1 rings (SSSR count). The van der Waals surface area contributed by atoms with Crippen molar-refractivity contribution < 1.29 is 4.39 Å². The standard InChI is InChI=1S/C13H13FN2/c1-16-9-3-2-4-11-5-6-13(14)12(10-11)7-8-15/h5-6,10,16H,3,7,9H2,1H3. The smallest absolute Gasteiger partial charge is 0.127 e. The van der Waals surface area contributed by atoms with E-state index in [0.717, 1.165) is 18.5 Å². The molecule has 0 heterocycles. The van der Waals surface area contributed by atoms with Crippen LogP contribution in [-0.4, -0.2) is 13.6 Å². The number of nitrogens with one attached hydrogen (secondary N) is 1. The van der Waals surface area contributed by atoms with Crippen molar-refractivity contribution in [1.29, 1.82) is 5.26 Å². The second-order valence-corrected chi connectivity index (χ2v) is 3.30. The first-order valence-corrected chi connectivity index (χ1v) is 5.06. The van der Waals surface area contributed by atoms with Gasteiger partial charge in [-0.05, 0) is 25.2 Å². The fourth-order valence-corrected chi connectivity index (χ4v) is 1.23. The van der Waals surface area contributed by atoms with Gasteiger partial charge in [-0.25, -0.2) is 4.39 Å². The van der Waals surface area contributed by atoms with Gasteiger partial charge in [0.15, 0.2) is 0 Å². The van der Waals surface area contributed by atoms with Gasteiger partial charge < -0.3 is 5.32 Å². The van der Waals surface area contributed by atoms with E-state index in [0.29, 0.717) is 5.56 Å². The third kappa shape index (κ3) is 3.73. The van der Waals surface area contributed by atoms with Gasteiger partial charge in [0.25, 0.3) is 0 Å². The van der Waals surface area contributed by atoms with Gasteiger partial charge in [-0.3, -0.25) is 0 Å². The Morgan fingerprint density at radius 3 is 2.94 bits per heavy atom. The lowest BCUT2D eigenvalue weighted by Gasteiger charge is -1.98. The van der Waals surface area contributed by atoms with Gasteiger partial charge in [-0.2, -0.15) is 5.26 Å². The Morgan fingerprint density at radius 1 is 1.44 bits per heavy atom. The number of hydrogen-bond donors (Lipinski definition) is 1. The Hall–Kier alpha value is -1.84. The van der Waals surface area contributed by atoms with Crippen LogP contribution in [0.5, 0.6) is 0 Å². The SMILES string of the molecule is CNCCC#Cc1ccc(F)c(CC#N)c1. The summed E-state index contributed by atoms with van der Waals surface area (Å²) in [5.41, 5.74) is 1.16. The maximum absolute atomic E-state index is 13.2. The van der Waals surface area contributed by atoms with Gasteiger partial charge in [-0.1, -0.05) is 11.8 Å². The van der Waals surface area contributed by atoms with E-state index in [2.05, 4.69) is 17.2 Å². The predicted molar refractivity (Wildman–Crippen MR) is 61.1 cm³/mol. The summed E-state index contributed by atoms with van der Waals surface area (Å²) in [6.45, 7) is 0.833. The Kier molecular flexibility index (Phi) is 5.05. The van der Waals surface area contributed by atoms with E-state index in [9.17, 15) is 4.39 Å². The molecule has 0 spiro atoms. The predicted octanol–water partition coefficient (Wildman–Crippen LogP) is 1.85. The Morgan fingerprint density at radius 2 is 2.25 bits per heavy atom. The van der Waals surface area contributed by atoms with Crippen molar-refractivity contribution in [3.8, 4) is 17.9 Å². The van der Waals surface area contributed by atoms with Crippen molar-refractivity contribution in [3.63, 3.8) is 0 Å². The molecule has 0 saturated heterocycles. The lowest BCUT2D eigenvalue weighted by Crippen LogP contribution is -2.05. The highest BCUT2D eigenvalue weighted by Crippen LogP contribution is 2.10. The number of nitriles is 1. The summed E-state index contributed by atoms with van der Waals surface area (Å²) in [5, 5.41) is 11.5. The molecular weight excluding hydrogens is 203 g/mol. The van der Waals surface area contributed by atoms with Crippen molar-refractivity contribution >= 4 is 0 Å². The summed E-state index contributed by atoms with van der Waals surface area (Å²) < 4.78 is 13.2. The minimum Gasteiger partial charge on any atom is -0.319 e. The zero-order chi connectivity index (χ0) is 11.8. The average Bonchev–Trinajstić information content (AvgIpc) is 2.29. The van der Waals surface area contributed by atoms with Crippen LogP contribution in [0.3, 0.4) is 0 Å². The highest BCUT2D eigenvalue weighted by Gasteiger charge is 2.01. The number of rotatable bonds is 3. The quantitative estimate of drug-likeness (QED) is 0.618. The Labute approximate surface area is 95.1 Å². The molecule has 0 unspecified atom stereocenters. The molecule has 1 N–H and O–H groups in total. The van der Waals surface area contributed by atoms with Gasteiger partial charge in [0.05, 0.1) is 12.5 Å². The molecule has 0 aliphatic carbocycles. The third-order valence-electron chi connectivity index (χ3n) is 2.05. The third-order valence-corrected chi connectivity index (χ3v) is 2.05. The van der Waals surface area contributed by atoms with Crippen LogP contribution >= 0.6 is 0 Å². The minimum absolute atomic E-state index is 0.0812. The highest BCUT2D eigenvalue weighted by atomic mass is 19.1. The molecule has 1 aromatic rings. The van der Waals surface area contributed by atoms with Crippen LogP contribution in [0.2, 0.25) is 0 Å². The molecule has 2 nitrogen and oxygen atoms in total. The summed E-state index contributed by atoms with van der Waals surface area (Å²) in [4.78, 5) is 0. The molecule has 0 aliphatic heterocycles. The summed E-state index contributed by atoms with van der Waals surface area (Å²) >= 11 is 0. The molecule has 0 aromatic heterocycles. The van der Waals surface area contributed by atoms with Crippen molar-refractivity contribution in [3.05, 3.63) is 35.1 Å². The lowest BCUT2D eigenvalue weighted by molar-refractivity contribution is 0.615. The number of nitrogens with zero attached hydrogens (tertiary/aromatic N) is 1. The van der Waals surface area contributed by atoms with E-state index in [4.69, 9.17) is 5.26 Å². The number of halogens is 1. The van der Waals surface area contributed by atoms with Crippen molar-refractivity contribution in [2.45, 2.75) is 12.8 Å². The molecule has 0 amide bonds. The van der Waals surface area contributed by atoms with Crippen LogP contribution in [0, 0.1) is 29.0 Å². The molecule has 0 fully saturated rings. The maximum Gasteiger partial charge on any atom is 0.127 e. The first kappa shape index (κ1) is 12.2. The summed E-state index contributed by atoms with van der Waals surface area (Å²) in [7, 11) is 1.87. The topological polar surface area (TPSA) is 35.8 Å². The molecule has 0 radical (unpaired) electrons. The van der Waals surface area contributed by atoms with Crippen LogP contribution < -0.4 is 5.32 Å². The van der Waals surface area contributed by atoms with E-state index in [1.54, 1.807) is 12.1 Å². The molecule has 1 aromatic carbocycles. The Balaban J connectivity index is 2.77. The lowest BCUT2D eigenvalue weighted by atomic mass is 10.1. The van der Waals surface area contributed by atoms with Gasteiger partial charge in [0.1, 0.15) is 5.82 Å². The second-order valence-electron chi connectivity index (χ2n) is 3.30. The highest BCUT2D eigenvalue weighted by molar-refractivity contribution is 5.38. The van der Waals surface area contributed by atoms with Gasteiger partial charge in [0, 0.05) is 24.1 Å².